The van der Waals surface area contributed by atoms with E-state index in [-0.39, 0.29) is 22.7 Å². The summed E-state index contributed by atoms with van der Waals surface area (Å²) in [4.78, 5) is 24.9. The predicted molar refractivity (Wildman–Crippen MR) is 101 cm³/mol. The lowest BCUT2D eigenvalue weighted by Crippen LogP contribution is -2.41. The smallest absolute Gasteiger partial charge is 0.343 e. The van der Waals surface area contributed by atoms with Crippen LogP contribution in [0.25, 0.3) is 0 Å². The Hall–Kier alpha value is -1.56. The summed E-state index contributed by atoms with van der Waals surface area (Å²) < 4.78 is 6.97. The molecule has 26 heavy (non-hydrogen) atoms. The van der Waals surface area contributed by atoms with E-state index in [1.807, 2.05) is 13.8 Å². The van der Waals surface area contributed by atoms with E-state index in [2.05, 4.69) is 10.4 Å². The molecule has 2 rings (SSSR count). The van der Waals surface area contributed by atoms with E-state index in [4.69, 9.17) is 16.3 Å². The van der Waals surface area contributed by atoms with Crippen molar-refractivity contribution in [1.82, 2.24) is 15.1 Å². The number of nitrogens with one attached hydrogen (secondary N) is 1. The van der Waals surface area contributed by atoms with Crippen molar-refractivity contribution in [3.8, 4) is 0 Å². The summed E-state index contributed by atoms with van der Waals surface area (Å²) in [6, 6.07) is 0.172. The molecule has 0 aliphatic heterocycles. The van der Waals surface area contributed by atoms with Crippen LogP contribution in [-0.4, -0.2) is 33.8 Å². The third kappa shape index (κ3) is 5.47. The summed E-state index contributed by atoms with van der Waals surface area (Å²) in [5.74, 6) is -0.514. The van der Waals surface area contributed by atoms with Crippen molar-refractivity contribution in [3.05, 3.63) is 16.4 Å². The largest absolute Gasteiger partial charge is 0.449 e. The molecule has 1 fully saturated rings. The Balaban J connectivity index is 1.97. The number of esters is 1. The molecule has 1 heterocycles. The summed E-state index contributed by atoms with van der Waals surface area (Å²) in [6.45, 7) is 8.02. The lowest BCUT2D eigenvalue weighted by atomic mass is 10.1. The third-order valence-corrected chi connectivity index (χ3v) is 5.05. The van der Waals surface area contributed by atoms with Crippen molar-refractivity contribution < 1.29 is 14.3 Å². The molecule has 0 saturated heterocycles. The van der Waals surface area contributed by atoms with Gasteiger partial charge in [-0.05, 0) is 32.6 Å². The molecular weight excluding hydrogens is 354 g/mol. The molecule has 0 bridgehead atoms. The molecule has 1 aromatic rings. The van der Waals surface area contributed by atoms with Crippen molar-refractivity contribution in [2.45, 2.75) is 84.9 Å². The highest BCUT2D eigenvalue weighted by Gasteiger charge is 2.27. The van der Waals surface area contributed by atoms with Crippen molar-refractivity contribution >= 4 is 23.5 Å². The van der Waals surface area contributed by atoms with Gasteiger partial charge < -0.3 is 10.1 Å². The molecule has 1 aliphatic carbocycles. The lowest BCUT2D eigenvalue weighted by molar-refractivity contribution is -0.129. The molecular formula is C19H30ClN3O3. The topological polar surface area (TPSA) is 73.2 Å². The minimum absolute atomic E-state index is 0.172. The van der Waals surface area contributed by atoms with Gasteiger partial charge in [0.2, 0.25) is 0 Å². The van der Waals surface area contributed by atoms with E-state index in [1.165, 1.54) is 12.8 Å². The second kappa shape index (κ2) is 9.40. The molecule has 0 unspecified atom stereocenters. The SMILES string of the molecule is Cc1nn(CC(C)C)c(Cl)c1C(=O)O[C@@H](C)C(=O)NC1CCCCCC1. The first-order chi connectivity index (χ1) is 12.3. The molecule has 1 aromatic heterocycles. The Labute approximate surface area is 160 Å². The molecule has 1 N–H and O–H groups in total. The summed E-state index contributed by atoms with van der Waals surface area (Å²) in [6.07, 6.45) is 5.80. The van der Waals surface area contributed by atoms with E-state index < -0.39 is 12.1 Å². The van der Waals surface area contributed by atoms with Gasteiger partial charge in [0.25, 0.3) is 5.91 Å². The minimum atomic E-state index is -0.866. The summed E-state index contributed by atoms with van der Waals surface area (Å²) >= 11 is 6.30. The molecule has 6 nitrogen and oxygen atoms in total. The summed E-state index contributed by atoms with van der Waals surface area (Å²) in [5.41, 5.74) is 0.749. The van der Waals surface area contributed by atoms with Gasteiger partial charge in [-0.1, -0.05) is 51.1 Å². The fourth-order valence-electron chi connectivity index (χ4n) is 3.27. The number of hydrogen-bond acceptors (Lipinski definition) is 4. The van der Waals surface area contributed by atoms with Crippen molar-refractivity contribution in [1.29, 1.82) is 0 Å². The van der Waals surface area contributed by atoms with Gasteiger partial charge in [-0.25, -0.2) is 4.79 Å². The maximum absolute atomic E-state index is 12.5. The van der Waals surface area contributed by atoms with Gasteiger partial charge in [0.15, 0.2) is 6.10 Å². The Morgan fingerprint density at radius 1 is 1.23 bits per heavy atom. The Kier molecular flexibility index (Phi) is 7.50. The fourth-order valence-corrected chi connectivity index (χ4v) is 3.59. The van der Waals surface area contributed by atoms with E-state index in [0.29, 0.717) is 18.2 Å². The monoisotopic (exact) mass is 383 g/mol. The van der Waals surface area contributed by atoms with E-state index >= 15 is 0 Å². The number of carbonyl (C=O) groups is 2. The first-order valence-electron chi connectivity index (χ1n) is 9.53. The number of carbonyl (C=O) groups excluding carboxylic acids is 2. The van der Waals surface area contributed by atoms with Crippen LogP contribution in [0.15, 0.2) is 0 Å². The number of hydrogen-bond donors (Lipinski definition) is 1. The molecule has 0 spiro atoms. The normalized spacial score (nSPS) is 17.0. The fraction of sp³-hybridized carbons (Fsp3) is 0.737. The van der Waals surface area contributed by atoms with Gasteiger partial charge >= 0.3 is 5.97 Å². The van der Waals surface area contributed by atoms with Gasteiger partial charge in [-0.15, -0.1) is 0 Å². The highest BCUT2D eigenvalue weighted by molar-refractivity contribution is 6.32. The van der Waals surface area contributed by atoms with Gasteiger partial charge in [-0.2, -0.15) is 5.10 Å². The lowest BCUT2D eigenvalue weighted by Gasteiger charge is -2.19. The average Bonchev–Trinajstić information content (AvgIpc) is 2.73. The third-order valence-electron chi connectivity index (χ3n) is 4.66. The van der Waals surface area contributed by atoms with Gasteiger partial charge in [0, 0.05) is 12.6 Å². The van der Waals surface area contributed by atoms with Crippen LogP contribution >= 0.6 is 11.6 Å². The number of halogens is 1. The van der Waals surface area contributed by atoms with E-state index in [1.54, 1.807) is 18.5 Å². The number of nitrogens with zero attached hydrogens (tertiary/aromatic N) is 2. The van der Waals surface area contributed by atoms with Crippen LogP contribution in [-0.2, 0) is 16.1 Å². The van der Waals surface area contributed by atoms with Gasteiger partial charge in [-0.3, -0.25) is 9.48 Å². The highest BCUT2D eigenvalue weighted by Crippen LogP contribution is 2.22. The number of aryl methyl sites for hydroxylation is 1. The second-order valence-electron chi connectivity index (χ2n) is 7.57. The van der Waals surface area contributed by atoms with Crippen LogP contribution in [0.4, 0.5) is 0 Å². The molecule has 146 valence electrons. The molecule has 1 atom stereocenters. The molecule has 7 heteroatoms. The number of ether oxygens (including phenoxy) is 1. The van der Waals surface area contributed by atoms with E-state index in [0.717, 1.165) is 25.7 Å². The van der Waals surface area contributed by atoms with Crippen LogP contribution < -0.4 is 5.32 Å². The first-order valence-corrected chi connectivity index (χ1v) is 9.91. The number of aromatic nitrogens is 2. The maximum atomic E-state index is 12.5. The van der Waals surface area contributed by atoms with Crippen LogP contribution in [0.5, 0.6) is 0 Å². The molecule has 1 saturated carbocycles. The van der Waals surface area contributed by atoms with Crippen LogP contribution in [0.2, 0.25) is 5.15 Å². The van der Waals surface area contributed by atoms with Crippen molar-refractivity contribution in [2.75, 3.05) is 0 Å². The molecule has 1 amide bonds. The zero-order valence-electron chi connectivity index (χ0n) is 16.2. The zero-order valence-corrected chi connectivity index (χ0v) is 16.9. The summed E-state index contributed by atoms with van der Waals surface area (Å²) in [5, 5.41) is 7.58. The average molecular weight is 384 g/mol. The number of rotatable bonds is 6. The second-order valence-corrected chi connectivity index (χ2v) is 7.93. The van der Waals surface area contributed by atoms with E-state index in [9.17, 15) is 9.59 Å². The zero-order chi connectivity index (χ0) is 19.3. The Morgan fingerprint density at radius 3 is 2.42 bits per heavy atom. The van der Waals surface area contributed by atoms with Crippen molar-refractivity contribution in [2.24, 2.45) is 5.92 Å². The maximum Gasteiger partial charge on any atom is 0.343 e. The molecule has 0 radical (unpaired) electrons. The van der Waals surface area contributed by atoms with Gasteiger partial charge in [0.1, 0.15) is 10.7 Å². The van der Waals surface area contributed by atoms with Crippen molar-refractivity contribution in [3.63, 3.8) is 0 Å². The predicted octanol–water partition coefficient (Wildman–Crippen LogP) is 3.89. The van der Waals surface area contributed by atoms with Crippen LogP contribution in [0.3, 0.4) is 0 Å². The quantitative estimate of drug-likeness (QED) is 0.597. The minimum Gasteiger partial charge on any atom is -0.449 e. The number of amides is 1. The Bertz CT molecular complexity index is 634. The molecule has 1 aliphatic rings. The highest BCUT2D eigenvalue weighted by atomic mass is 35.5. The van der Waals surface area contributed by atoms with Crippen LogP contribution in [0, 0.1) is 12.8 Å². The standard InChI is InChI=1S/C19H30ClN3O3/c1-12(2)11-23-17(20)16(13(3)22-23)19(25)26-14(4)18(24)21-15-9-7-5-6-8-10-15/h12,14-15H,5-11H2,1-4H3,(H,21,24)/t14-/m0/s1. The first kappa shape index (κ1) is 20.7. The van der Waals surface area contributed by atoms with Crippen LogP contribution in [0.1, 0.15) is 75.3 Å². The van der Waals surface area contributed by atoms with Gasteiger partial charge in [0.05, 0.1) is 5.69 Å². The summed E-state index contributed by atoms with van der Waals surface area (Å²) in [7, 11) is 0. The Morgan fingerprint density at radius 2 is 1.85 bits per heavy atom. The molecule has 0 aromatic carbocycles.